The number of ether oxygens (including phenoxy) is 1. The van der Waals surface area contributed by atoms with Gasteiger partial charge in [-0.3, -0.25) is 4.79 Å². The minimum absolute atomic E-state index is 0.0162. The molecule has 0 heterocycles. The summed E-state index contributed by atoms with van der Waals surface area (Å²) in [5.74, 6) is 0.190. The van der Waals surface area contributed by atoms with Gasteiger partial charge < -0.3 is 10.1 Å². The fraction of sp³-hybridized carbons (Fsp3) is 0.120. The normalized spacial score (nSPS) is 11.0. The molecule has 1 amide bonds. The molecule has 0 aliphatic carbocycles. The molecule has 0 bridgehead atoms. The lowest BCUT2D eigenvalue weighted by Gasteiger charge is -2.11. The van der Waals surface area contributed by atoms with Crippen LogP contribution in [0.5, 0.6) is 5.75 Å². The lowest BCUT2D eigenvalue weighted by Crippen LogP contribution is -2.14. The molecule has 156 valence electrons. The van der Waals surface area contributed by atoms with Crippen molar-refractivity contribution in [3.63, 3.8) is 0 Å². The Labute approximate surface area is 195 Å². The van der Waals surface area contributed by atoms with E-state index in [1.165, 1.54) is 0 Å². The zero-order valence-electron chi connectivity index (χ0n) is 16.9. The first kappa shape index (κ1) is 22.6. The fourth-order valence-electron chi connectivity index (χ4n) is 2.95. The third kappa shape index (κ3) is 5.97. The van der Waals surface area contributed by atoms with Crippen molar-refractivity contribution in [1.82, 2.24) is 0 Å². The summed E-state index contributed by atoms with van der Waals surface area (Å²) < 4.78 is 6.56. The molecule has 0 fully saturated rings. The third-order valence-electron chi connectivity index (χ3n) is 4.62. The Balaban J connectivity index is 1.74. The van der Waals surface area contributed by atoms with Gasteiger partial charge in [0, 0.05) is 16.3 Å². The average Bonchev–Trinajstić information content (AvgIpc) is 2.78. The topological polar surface area (TPSA) is 62.1 Å². The van der Waals surface area contributed by atoms with E-state index in [1.807, 2.05) is 61.5 Å². The van der Waals surface area contributed by atoms with Crippen molar-refractivity contribution in [2.75, 3.05) is 5.32 Å². The van der Waals surface area contributed by atoms with Crippen LogP contribution in [0.15, 0.2) is 76.8 Å². The number of carbonyl (C=O) groups is 1. The summed E-state index contributed by atoms with van der Waals surface area (Å²) in [4.78, 5) is 12.6. The number of hydrogen-bond donors (Lipinski definition) is 1. The van der Waals surface area contributed by atoms with Crippen LogP contribution in [0, 0.1) is 11.3 Å². The molecule has 0 aromatic heterocycles. The van der Waals surface area contributed by atoms with E-state index in [1.54, 1.807) is 24.3 Å². The molecule has 0 spiro atoms. The summed E-state index contributed by atoms with van der Waals surface area (Å²) in [5.41, 5.74) is 3.32. The lowest BCUT2D eigenvalue weighted by atomic mass is 10.1. The second-order valence-corrected chi connectivity index (χ2v) is 7.97. The maximum Gasteiger partial charge on any atom is 0.266 e. The van der Waals surface area contributed by atoms with Gasteiger partial charge in [0.2, 0.25) is 0 Å². The lowest BCUT2D eigenvalue weighted by molar-refractivity contribution is -0.112. The number of amides is 1. The molecule has 0 radical (unpaired) electrons. The van der Waals surface area contributed by atoms with Crippen molar-refractivity contribution in [1.29, 1.82) is 5.26 Å². The number of benzene rings is 3. The molecule has 3 aromatic rings. The number of nitrogens with zero attached hydrogens (tertiary/aromatic N) is 1. The highest BCUT2D eigenvalue weighted by Crippen LogP contribution is 2.28. The first-order valence-electron chi connectivity index (χ1n) is 9.68. The first-order valence-corrected chi connectivity index (χ1v) is 10.9. The van der Waals surface area contributed by atoms with E-state index < -0.39 is 5.91 Å². The Kier molecular flexibility index (Phi) is 7.88. The fourth-order valence-corrected chi connectivity index (χ4v) is 3.65. The molecule has 0 saturated carbocycles. The predicted octanol–water partition coefficient (Wildman–Crippen LogP) is 6.79. The van der Waals surface area contributed by atoms with Crippen molar-refractivity contribution in [3.05, 3.63) is 98.5 Å². The molecule has 0 atom stereocenters. The summed E-state index contributed by atoms with van der Waals surface area (Å²) >= 11 is 9.66. The molecule has 0 unspecified atom stereocenters. The molecule has 31 heavy (non-hydrogen) atoms. The van der Waals surface area contributed by atoms with E-state index in [0.29, 0.717) is 33.1 Å². The molecule has 3 aromatic carbocycles. The monoisotopic (exact) mass is 494 g/mol. The predicted molar refractivity (Wildman–Crippen MR) is 128 cm³/mol. The number of hydrogen-bond acceptors (Lipinski definition) is 3. The smallest absolute Gasteiger partial charge is 0.266 e. The molecule has 0 aliphatic rings. The van der Waals surface area contributed by atoms with E-state index in [-0.39, 0.29) is 5.57 Å². The summed E-state index contributed by atoms with van der Waals surface area (Å²) in [5, 5.41) is 13.0. The van der Waals surface area contributed by atoms with Crippen LogP contribution in [0.4, 0.5) is 5.69 Å². The molecule has 3 rings (SSSR count). The number of nitriles is 1. The van der Waals surface area contributed by atoms with Crippen LogP contribution >= 0.6 is 27.5 Å². The van der Waals surface area contributed by atoms with Crippen molar-refractivity contribution >= 4 is 45.2 Å². The van der Waals surface area contributed by atoms with E-state index in [4.69, 9.17) is 16.3 Å². The molecule has 0 saturated heterocycles. The average molecular weight is 496 g/mol. The Morgan fingerprint density at radius 3 is 2.52 bits per heavy atom. The molecule has 1 N–H and O–H groups in total. The summed E-state index contributed by atoms with van der Waals surface area (Å²) in [6.45, 7) is 2.34. The van der Waals surface area contributed by atoms with Gasteiger partial charge in [-0.25, -0.2) is 0 Å². The first-order chi connectivity index (χ1) is 15.0. The number of aryl methyl sites for hydroxylation is 1. The van der Waals surface area contributed by atoms with Gasteiger partial charge in [0.05, 0.1) is 4.47 Å². The largest absolute Gasteiger partial charge is 0.488 e. The van der Waals surface area contributed by atoms with Crippen LogP contribution in [0.2, 0.25) is 5.02 Å². The Morgan fingerprint density at radius 2 is 1.84 bits per heavy atom. The van der Waals surface area contributed by atoms with Crippen molar-refractivity contribution in [2.45, 2.75) is 20.0 Å². The van der Waals surface area contributed by atoms with Crippen LogP contribution in [-0.4, -0.2) is 5.91 Å². The van der Waals surface area contributed by atoms with Crippen molar-refractivity contribution in [3.8, 4) is 11.8 Å². The standard InChI is InChI=1S/C25H20BrClN2O2/c1-2-18-7-4-6-10-23(18)29-25(30)20(15-28)13-17-11-12-24(21(26)14-17)31-16-19-8-3-5-9-22(19)27/h3-14H,2,16H2,1H3,(H,29,30)/b20-13+. The SMILES string of the molecule is CCc1ccccc1NC(=O)/C(C#N)=C/c1ccc(OCc2ccccc2Cl)c(Br)c1. The van der Waals surface area contributed by atoms with E-state index >= 15 is 0 Å². The minimum Gasteiger partial charge on any atom is -0.488 e. The van der Waals surface area contributed by atoms with Gasteiger partial charge in [0.15, 0.2) is 0 Å². The van der Waals surface area contributed by atoms with Crippen molar-refractivity contribution in [2.24, 2.45) is 0 Å². The van der Waals surface area contributed by atoms with Crippen molar-refractivity contribution < 1.29 is 9.53 Å². The van der Waals surface area contributed by atoms with E-state index in [0.717, 1.165) is 17.5 Å². The summed E-state index contributed by atoms with van der Waals surface area (Å²) in [6.07, 6.45) is 2.33. The highest BCUT2D eigenvalue weighted by Gasteiger charge is 2.12. The van der Waals surface area contributed by atoms with Gasteiger partial charge in [0.25, 0.3) is 5.91 Å². The van der Waals surface area contributed by atoms with Gasteiger partial charge in [-0.2, -0.15) is 5.26 Å². The molecular formula is C25H20BrClN2O2. The highest BCUT2D eigenvalue weighted by atomic mass is 79.9. The molecule has 6 heteroatoms. The number of rotatable bonds is 7. The van der Waals surface area contributed by atoms with E-state index in [9.17, 15) is 10.1 Å². The second kappa shape index (κ2) is 10.8. The van der Waals surface area contributed by atoms with Crippen LogP contribution in [0.1, 0.15) is 23.6 Å². The van der Waals surface area contributed by atoms with Gasteiger partial charge in [-0.05, 0) is 63.8 Å². The third-order valence-corrected chi connectivity index (χ3v) is 5.61. The quantitative estimate of drug-likeness (QED) is 0.290. The van der Waals surface area contributed by atoms with Crippen LogP contribution in [0.25, 0.3) is 6.08 Å². The summed E-state index contributed by atoms with van der Waals surface area (Å²) in [7, 11) is 0. The minimum atomic E-state index is -0.446. The molecule has 4 nitrogen and oxygen atoms in total. The van der Waals surface area contributed by atoms with Crippen LogP contribution in [0.3, 0.4) is 0 Å². The number of halogens is 2. The van der Waals surface area contributed by atoms with Gasteiger partial charge in [-0.1, -0.05) is 61.0 Å². The maximum atomic E-state index is 12.6. The molecule has 0 aliphatic heterocycles. The van der Waals surface area contributed by atoms with Gasteiger partial charge in [-0.15, -0.1) is 0 Å². The van der Waals surface area contributed by atoms with E-state index in [2.05, 4.69) is 21.2 Å². The maximum absolute atomic E-state index is 12.6. The molecular weight excluding hydrogens is 476 g/mol. The Morgan fingerprint density at radius 1 is 1.13 bits per heavy atom. The van der Waals surface area contributed by atoms with Gasteiger partial charge in [0.1, 0.15) is 24.0 Å². The van der Waals surface area contributed by atoms with Crippen LogP contribution in [-0.2, 0) is 17.8 Å². The zero-order valence-corrected chi connectivity index (χ0v) is 19.2. The van der Waals surface area contributed by atoms with Crippen LogP contribution < -0.4 is 10.1 Å². The number of carbonyl (C=O) groups excluding carboxylic acids is 1. The number of nitrogens with one attached hydrogen (secondary N) is 1. The zero-order chi connectivity index (χ0) is 22.2. The van der Waals surface area contributed by atoms with Gasteiger partial charge >= 0.3 is 0 Å². The Hall–Kier alpha value is -3.07. The summed E-state index contributed by atoms with van der Waals surface area (Å²) in [6, 6.07) is 22.4. The highest BCUT2D eigenvalue weighted by molar-refractivity contribution is 9.10. The number of para-hydroxylation sites is 1. The Bertz CT molecular complexity index is 1170. The number of anilines is 1. The second-order valence-electron chi connectivity index (χ2n) is 6.70.